The van der Waals surface area contributed by atoms with Gasteiger partial charge in [-0.3, -0.25) is 0 Å². The molecule has 0 nitrogen and oxygen atoms in total. The molecule has 0 bridgehead atoms. The van der Waals surface area contributed by atoms with E-state index in [1.54, 1.807) is 57.8 Å². The highest BCUT2D eigenvalue weighted by atomic mass is 14.4. The zero-order valence-corrected chi connectivity index (χ0v) is 22.4. The van der Waals surface area contributed by atoms with E-state index in [0.29, 0.717) is 0 Å². The predicted molar refractivity (Wildman–Crippen MR) is 143 cm³/mol. The van der Waals surface area contributed by atoms with Gasteiger partial charge in [0.15, 0.2) is 0 Å². The van der Waals surface area contributed by atoms with Crippen LogP contribution in [-0.4, -0.2) is 0 Å². The average Bonchev–Trinajstić information content (AvgIpc) is 3.31. The van der Waals surface area contributed by atoms with Gasteiger partial charge >= 0.3 is 0 Å². The second-order valence-corrected chi connectivity index (χ2v) is 12.6. The molecule has 6 atom stereocenters. The van der Waals surface area contributed by atoms with E-state index in [0.717, 1.165) is 35.5 Å². The first kappa shape index (κ1) is 26.6. The van der Waals surface area contributed by atoms with E-state index >= 15 is 0 Å². The number of hydrogen-bond acceptors (Lipinski definition) is 0. The topological polar surface area (TPSA) is 0 Å². The smallest absolute Gasteiger partial charge is 0.0383 e. The molecule has 0 heterocycles. The fraction of sp³-hybridized carbons (Fsp3) is 1.00. The minimum absolute atomic E-state index is 1.05. The highest BCUT2D eigenvalue weighted by Gasteiger charge is 2.36. The number of hydrogen-bond donors (Lipinski definition) is 0. The summed E-state index contributed by atoms with van der Waals surface area (Å²) in [6.07, 6.45) is 36.7. The van der Waals surface area contributed by atoms with Crippen LogP contribution in [0.4, 0.5) is 0 Å². The summed E-state index contributed by atoms with van der Waals surface area (Å²) in [7, 11) is 0. The van der Waals surface area contributed by atoms with E-state index in [1.807, 2.05) is 0 Å². The Morgan fingerprint density at radius 1 is 0.438 bits per heavy atom. The Kier molecular flexibility index (Phi) is 13.1. The van der Waals surface area contributed by atoms with E-state index in [4.69, 9.17) is 0 Å². The van der Waals surface area contributed by atoms with Crippen LogP contribution in [0.25, 0.3) is 0 Å². The Morgan fingerprint density at radius 2 is 0.938 bits per heavy atom. The lowest BCUT2D eigenvalue weighted by molar-refractivity contribution is 0.182. The second kappa shape index (κ2) is 15.8. The number of unbranched alkanes of at least 4 members (excludes halogenated alkanes) is 1. The maximum atomic E-state index is 2.44. The first-order chi connectivity index (χ1) is 15.8. The van der Waals surface area contributed by atoms with Gasteiger partial charge in [0.2, 0.25) is 0 Å². The van der Waals surface area contributed by atoms with Gasteiger partial charge in [0.05, 0.1) is 0 Å². The van der Waals surface area contributed by atoms with E-state index in [1.165, 1.54) is 96.3 Å². The molecule has 0 saturated heterocycles. The fourth-order valence-electron chi connectivity index (χ4n) is 8.15. The van der Waals surface area contributed by atoms with Gasteiger partial charge < -0.3 is 0 Å². The van der Waals surface area contributed by atoms with Crippen molar-refractivity contribution in [3.05, 3.63) is 0 Å². The standard InChI is InChI=1S/C32H60/c1-3-5-16-28-17-12-10-8-6-7-9-11-13-20-29(21-15-19-28)31-23-24-32(26-31)30-22-14-18-27(4-2)25-30/h27-32H,3-26H2,1-2H3. The van der Waals surface area contributed by atoms with Gasteiger partial charge in [-0.2, -0.15) is 0 Å². The van der Waals surface area contributed by atoms with Gasteiger partial charge in [-0.15, -0.1) is 0 Å². The largest absolute Gasteiger partial charge is 0.0654 e. The summed E-state index contributed by atoms with van der Waals surface area (Å²) in [5, 5.41) is 0. The van der Waals surface area contributed by atoms with Crippen LogP contribution in [0.3, 0.4) is 0 Å². The third-order valence-corrected chi connectivity index (χ3v) is 10.3. The molecule has 0 heteroatoms. The van der Waals surface area contributed by atoms with Crippen molar-refractivity contribution in [3.63, 3.8) is 0 Å². The van der Waals surface area contributed by atoms with Gasteiger partial charge in [-0.05, 0) is 61.2 Å². The molecule has 0 aromatic heterocycles. The zero-order valence-electron chi connectivity index (χ0n) is 22.4. The highest BCUT2D eigenvalue weighted by Crippen LogP contribution is 2.47. The summed E-state index contributed by atoms with van der Waals surface area (Å²) in [6.45, 7) is 4.82. The van der Waals surface area contributed by atoms with Crippen LogP contribution in [0.15, 0.2) is 0 Å². The van der Waals surface area contributed by atoms with Crippen molar-refractivity contribution in [1.82, 2.24) is 0 Å². The van der Waals surface area contributed by atoms with E-state index in [-0.39, 0.29) is 0 Å². The van der Waals surface area contributed by atoms with Crippen molar-refractivity contribution in [2.75, 3.05) is 0 Å². The predicted octanol–water partition coefficient (Wildman–Crippen LogP) is 11.1. The molecule has 0 aliphatic heterocycles. The Labute approximate surface area is 203 Å². The van der Waals surface area contributed by atoms with E-state index in [9.17, 15) is 0 Å². The lowest BCUT2D eigenvalue weighted by Crippen LogP contribution is -2.22. The number of rotatable bonds is 6. The van der Waals surface area contributed by atoms with Crippen LogP contribution in [0, 0.1) is 35.5 Å². The van der Waals surface area contributed by atoms with Crippen LogP contribution in [0.1, 0.15) is 168 Å². The Balaban J connectivity index is 1.51. The van der Waals surface area contributed by atoms with Crippen LogP contribution < -0.4 is 0 Å². The monoisotopic (exact) mass is 444 g/mol. The molecular formula is C32H60. The Hall–Kier alpha value is 0. The van der Waals surface area contributed by atoms with Crippen molar-refractivity contribution in [2.45, 2.75) is 168 Å². The zero-order chi connectivity index (χ0) is 22.4. The summed E-state index contributed by atoms with van der Waals surface area (Å²) >= 11 is 0. The van der Waals surface area contributed by atoms with Gasteiger partial charge in [0.1, 0.15) is 0 Å². The molecule has 32 heavy (non-hydrogen) atoms. The minimum atomic E-state index is 1.05. The molecule has 3 rings (SSSR count). The quantitative estimate of drug-likeness (QED) is 0.382. The maximum Gasteiger partial charge on any atom is -0.0383 e. The molecule has 3 aliphatic carbocycles. The highest BCUT2D eigenvalue weighted by molar-refractivity contribution is 4.87. The van der Waals surface area contributed by atoms with Crippen LogP contribution in [0.5, 0.6) is 0 Å². The molecular weight excluding hydrogens is 384 g/mol. The maximum absolute atomic E-state index is 2.44. The Morgan fingerprint density at radius 3 is 1.62 bits per heavy atom. The molecule has 3 fully saturated rings. The summed E-state index contributed by atoms with van der Waals surface area (Å²) in [5.41, 5.74) is 0. The van der Waals surface area contributed by atoms with Gasteiger partial charge in [0.25, 0.3) is 0 Å². The van der Waals surface area contributed by atoms with Gasteiger partial charge in [0, 0.05) is 0 Å². The molecule has 0 aromatic carbocycles. The van der Waals surface area contributed by atoms with E-state index < -0.39 is 0 Å². The molecule has 0 spiro atoms. The molecule has 0 aromatic rings. The lowest BCUT2D eigenvalue weighted by atomic mass is 9.73. The van der Waals surface area contributed by atoms with Crippen LogP contribution in [0.2, 0.25) is 0 Å². The van der Waals surface area contributed by atoms with Crippen molar-refractivity contribution < 1.29 is 0 Å². The van der Waals surface area contributed by atoms with Gasteiger partial charge in [-0.25, -0.2) is 0 Å². The van der Waals surface area contributed by atoms with Gasteiger partial charge in [-0.1, -0.05) is 142 Å². The summed E-state index contributed by atoms with van der Waals surface area (Å²) < 4.78 is 0. The van der Waals surface area contributed by atoms with E-state index in [2.05, 4.69) is 13.8 Å². The van der Waals surface area contributed by atoms with Crippen molar-refractivity contribution in [2.24, 2.45) is 35.5 Å². The first-order valence-corrected chi connectivity index (χ1v) is 15.8. The average molecular weight is 445 g/mol. The molecule has 3 aliphatic rings. The normalized spacial score (nSPS) is 36.9. The minimum Gasteiger partial charge on any atom is -0.0654 e. The Bertz CT molecular complexity index is 453. The molecule has 6 unspecified atom stereocenters. The van der Waals surface area contributed by atoms with Crippen LogP contribution >= 0.6 is 0 Å². The summed E-state index contributed by atoms with van der Waals surface area (Å²) in [5.74, 6) is 6.47. The fourth-order valence-corrected chi connectivity index (χ4v) is 8.15. The van der Waals surface area contributed by atoms with Crippen molar-refractivity contribution in [3.8, 4) is 0 Å². The molecule has 188 valence electrons. The first-order valence-electron chi connectivity index (χ1n) is 15.8. The third-order valence-electron chi connectivity index (χ3n) is 10.3. The molecule has 0 radical (unpaired) electrons. The lowest BCUT2D eigenvalue weighted by Gasteiger charge is -2.33. The third kappa shape index (κ3) is 9.33. The summed E-state index contributed by atoms with van der Waals surface area (Å²) in [6, 6.07) is 0. The molecule has 0 N–H and O–H groups in total. The second-order valence-electron chi connectivity index (χ2n) is 12.6. The summed E-state index contributed by atoms with van der Waals surface area (Å²) in [4.78, 5) is 0. The molecule has 3 saturated carbocycles. The van der Waals surface area contributed by atoms with Crippen LogP contribution in [-0.2, 0) is 0 Å². The molecule has 0 amide bonds. The SMILES string of the molecule is CCCCC1CCCCCCCCCCC(C2CCC(C3CCCC(CC)C3)C2)CCC1. The van der Waals surface area contributed by atoms with Crippen molar-refractivity contribution in [1.29, 1.82) is 0 Å². The van der Waals surface area contributed by atoms with Crippen molar-refractivity contribution >= 4 is 0 Å².